The van der Waals surface area contributed by atoms with Crippen molar-refractivity contribution in [2.75, 3.05) is 0 Å². The SMILES string of the molecule is CC1CC=Cc2c1ccc1[nH]c3cc4ccccc4cc3c21. The molecule has 5 rings (SSSR count). The predicted octanol–water partition coefficient (Wildman–Crippen LogP) is 5.99. The monoisotopic (exact) mass is 283 g/mol. The van der Waals surface area contributed by atoms with Crippen LogP contribution in [0.3, 0.4) is 0 Å². The van der Waals surface area contributed by atoms with Crippen molar-refractivity contribution in [2.45, 2.75) is 19.3 Å². The lowest BCUT2D eigenvalue weighted by Crippen LogP contribution is -1.99. The number of nitrogens with one attached hydrogen (secondary N) is 1. The van der Waals surface area contributed by atoms with Crippen LogP contribution in [0.15, 0.2) is 54.6 Å². The highest BCUT2D eigenvalue weighted by molar-refractivity contribution is 6.15. The van der Waals surface area contributed by atoms with Crippen LogP contribution in [0.2, 0.25) is 0 Å². The number of hydrogen-bond donors (Lipinski definition) is 1. The second-order valence-corrected chi connectivity index (χ2v) is 6.40. The van der Waals surface area contributed by atoms with Gasteiger partial charge in [0.1, 0.15) is 0 Å². The van der Waals surface area contributed by atoms with Crippen LogP contribution in [-0.2, 0) is 0 Å². The van der Waals surface area contributed by atoms with Crippen molar-refractivity contribution in [1.29, 1.82) is 0 Å². The summed E-state index contributed by atoms with van der Waals surface area (Å²) in [7, 11) is 0. The van der Waals surface area contributed by atoms with E-state index in [2.05, 4.69) is 72.6 Å². The molecule has 1 aliphatic rings. The lowest BCUT2D eigenvalue weighted by Gasteiger charge is -2.18. The molecule has 1 N–H and O–H groups in total. The molecular formula is C21H17N. The minimum atomic E-state index is 0.606. The van der Waals surface area contributed by atoms with Gasteiger partial charge >= 0.3 is 0 Å². The Hall–Kier alpha value is -2.54. The highest BCUT2D eigenvalue weighted by Crippen LogP contribution is 2.38. The van der Waals surface area contributed by atoms with Gasteiger partial charge in [-0.1, -0.05) is 49.4 Å². The van der Waals surface area contributed by atoms with Gasteiger partial charge in [0.25, 0.3) is 0 Å². The molecule has 0 saturated heterocycles. The van der Waals surface area contributed by atoms with Crippen molar-refractivity contribution >= 4 is 38.7 Å². The van der Waals surface area contributed by atoms with E-state index in [0.29, 0.717) is 5.92 Å². The Kier molecular flexibility index (Phi) is 2.32. The second-order valence-electron chi connectivity index (χ2n) is 6.40. The van der Waals surface area contributed by atoms with E-state index in [-0.39, 0.29) is 0 Å². The topological polar surface area (TPSA) is 15.8 Å². The first-order chi connectivity index (χ1) is 10.8. The standard InChI is InChI=1S/C21H17N/c1-13-5-4-8-17-16(13)9-10-19-21(17)18-11-14-6-2-3-7-15(14)12-20(18)22-19/h2-4,6-13,22H,5H2,1H3. The first kappa shape index (κ1) is 12.0. The third kappa shape index (κ3) is 1.54. The molecule has 1 aromatic heterocycles. The number of hydrogen-bond acceptors (Lipinski definition) is 0. The third-order valence-corrected chi connectivity index (χ3v) is 5.01. The van der Waals surface area contributed by atoms with Crippen LogP contribution < -0.4 is 0 Å². The summed E-state index contributed by atoms with van der Waals surface area (Å²) in [5.74, 6) is 0.606. The molecule has 0 radical (unpaired) electrons. The van der Waals surface area contributed by atoms with Gasteiger partial charge in [0, 0.05) is 21.8 Å². The van der Waals surface area contributed by atoms with Crippen molar-refractivity contribution in [1.82, 2.24) is 4.98 Å². The first-order valence-corrected chi connectivity index (χ1v) is 7.95. The minimum absolute atomic E-state index is 0.606. The van der Waals surface area contributed by atoms with Crippen molar-refractivity contribution in [3.63, 3.8) is 0 Å². The van der Waals surface area contributed by atoms with Crippen LogP contribution in [0.5, 0.6) is 0 Å². The van der Waals surface area contributed by atoms with Gasteiger partial charge in [-0.15, -0.1) is 0 Å². The summed E-state index contributed by atoms with van der Waals surface area (Å²) in [5.41, 5.74) is 5.35. The lowest BCUT2D eigenvalue weighted by molar-refractivity contribution is 0.773. The summed E-state index contributed by atoms with van der Waals surface area (Å²) >= 11 is 0. The number of H-pyrrole nitrogens is 1. The van der Waals surface area contributed by atoms with Gasteiger partial charge in [-0.05, 0) is 52.4 Å². The van der Waals surface area contributed by atoms with Gasteiger partial charge < -0.3 is 4.98 Å². The van der Waals surface area contributed by atoms with Crippen molar-refractivity contribution in [3.05, 3.63) is 65.7 Å². The van der Waals surface area contributed by atoms with E-state index < -0.39 is 0 Å². The predicted molar refractivity (Wildman–Crippen MR) is 95.4 cm³/mol. The maximum absolute atomic E-state index is 3.60. The van der Waals surface area contributed by atoms with Crippen LogP contribution in [0.1, 0.15) is 30.4 Å². The fraction of sp³-hybridized carbons (Fsp3) is 0.143. The maximum atomic E-state index is 3.60. The van der Waals surface area contributed by atoms with Gasteiger partial charge in [-0.25, -0.2) is 0 Å². The summed E-state index contributed by atoms with van der Waals surface area (Å²) in [6.07, 6.45) is 5.76. The Morgan fingerprint density at radius 3 is 2.64 bits per heavy atom. The van der Waals surface area contributed by atoms with Crippen LogP contribution in [-0.4, -0.2) is 4.98 Å². The molecule has 3 aromatic carbocycles. The molecule has 1 unspecified atom stereocenters. The molecule has 1 nitrogen and oxygen atoms in total. The lowest BCUT2D eigenvalue weighted by atomic mass is 9.86. The van der Waals surface area contributed by atoms with Gasteiger partial charge in [0.2, 0.25) is 0 Å². The Labute approximate surface area is 129 Å². The quantitative estimate of drug-likeness (QED) is 0.407. The van der Waals surface area contributed by atoms with E-state index in [1.54, 1.807) is 0 Å². The van der Waals surface area contributed by atoms with E-state index >= 15 is 0 Å². The van der Waals surface area contributed by atoms with Crippen molar-refractivity contribution < 1.29 is 0 Å². The summed E-state index contributed by atoms with van der Waals surface area (Å²) in [6, 6.07) is 17.7. The van der Waals surface area contributed by atoms with E-state index in [1.807, 2.05) is 0 Å². The summed E-state index contributed by atoms with van der Waals surface area (Å²) in [4.78, 5) is 3.60. The highest BCUT2D eigenvalue weighted by Gasteiger charge is 2.17. The van der Waals surface area contributed by atoms with E-state index in [9.17, 15) is 0 Å². The molecule has 1 heteroatoms. The molecular weight excluding hydrogens is 266 g/mol. The Balaban J connectivity index is 1.98. The van der Waals surface area contributed by atoms with Gasteiger partial charge in [-0.2, -0.15) is 0 Å². The fourth-order valence-corrected chi connectivity index (χ4v) is 3.85. The average Bonchev–Trinajstić information content (AvgIpc) is 2.90. The van der Waals surface area contributed by atoms with Gasteiger partial charge in [0.15, 0.2) is 0 Å². The molecule has 4 aromatic rings. The molecule has 0 spiro atoms. The average molecular weight is 283 g/mol. The zero-order chi connectivity index (χ0) is 14.7. The molecule has 0 amide bonds. The number of aromatic amines is 1. The number of rotatable bonds is 0. The number of fused-ring (bicyclic) bond motifs is 6. The molecule has 1 heterocycles. The summed E-state index contributed by atoms with van der Waals surface area (Å²) in [6.45, 7) is 2.32. The highest BCUT2D eigenvalue weighted by atomic mass is 14.7. The zero-order valence-corrected chi connectivity index (χ0v) is 12.6. The van der Waals surface area contributed by atoms with Gasteiger partial charge in [-0.3, -0.25) is 0 Å². The van der Waals surface area contributed by atoms with E-state index in [1.165, 1.54) is 43.7 Å². The van der Waals surface area contributed by atoms with Crippen molar-refractivity contribution in [3.8, 4) is 0 Å². The Morgan fingerprint density at radius 1 is 0.955 bits per heavy atom. The van der Waals surface area contributed by atoms with Crippen LogP contribution >= 0.6 is 0 Å². The molecule has 0 aliphatic heterocycles. The number of benzene rings is 3. The summed E-state index contributed by atoms with van der Waals surface area (Å²) in [5, 5.41) is 5.31. The fourth-order valence-electron chi connectivity index (χ4n) is 3.85. The Morgan fingerprint density at radius 2 is 1.77 bits per heavy atom. The van der Waals surface area contributed by atoms with Crippen molar-refractivity contribution in [2.24, 2.45) is 0 Å². The van der Waals surface area contributed by atoms with Crippen LogP contribution in [0.25, 0.3) is 38.7 Å². The smallest absolute Gasteiger partial charge is 0.0471 e. The first-order valence-electron chi connectivity index (χ1n) is 7.95. The molecule has 0 saturated carbocycles. The molecule has 0 fully saturated rings. The van der Waals surface area contributed by atoms with Gasteiger partial charge in [0.05, 0.1) is 0 Å². The molecule has 0 bridgehead atoms. The second kappa shape index (κ2) is 4.23. The minimum Gasteiger partial charge on any atom is -0.354 e. The number of allylic oxidation sites excluding steroid dienone is 1. The zero-order valence-electron chi connectivity index (χ0n) is 12.6. The molecule has 1 atom stereocenters. The number of aromatic nitrogens is 1. The third-order valence-electron chi connectivity index (χ3n) is 5.01. The van der Waals surface area contributed by atoms with E-state index in [4.69, 9.17) is 0 Å². The normalized spacial score (nSPS) is 17.4. The van der Waals surface area contributed by atoms with E-state index in [0.717, 1.165) is 6.42 Å². The van der Waals surface area contributed by atoms with Crippen LogP contribution in [0.4, 0.5) is 0 Å². The molecule has 106 valence electrons. The Bertz CT molecular complexity index is 1070. The molecule has 1 aliphatic carbocycles. The van der Waals surface area contributed by atoms with Crippen LogP contribution in [0, 0.1) is 0 Å². The summed E-state index contributed by atoms with van der Waals surface area (Å²) < 4.78 is 0. The largest absolute Gasteiger partial charge is 0.354 e. The maximum Gasteiger partial charge on any atom is 0.0471 e. The molecule has 22 heavy (non-hydrogen) atoms.